The van der Waals surface area contributed by atoms with Gasteiger partial charge >= 0.3 is 0 Å². The molecule has 2 aliphatic heterocycles. The van der Waals surface area contributed by atoms with Crippen molar-refractivity contribution in [2.75, 3.05) is 32.8 Å². The first-order chi connectivity index (χ1) is 18.2. The van der Waals surface area contributed by atoms with Gasteiger partial charge in [-0.3, -0.25) is 9.59 Å². The van der Waals surface area contributed by atoms with Gasteiger partial charge in [0.25, 0.3) is 0 Å². The van der Waals surface area contributed by atoms with Crippen molar-refractivity contribution in [1.82, 2.24) is 9.80 Å². The maximum absolute atomic E-state index is 13.4. The molecule has 1 N–H and O–H groups in total. The number of likely N-dealkylation sites (tertiary alicyclic amines) is 2. The Morgan fingerprint density at radius 1 is 1.03 bits per heavy atom. The monoisotopic (exact) mass is 560 g/mol. The fourth-order valence-corrected chi connectivity index (χ4v) is 5.95. The molecule has 1 atom stereocenters. The van der Waals surface area contributed by atoms with Crippen LogP contribution in [0.5, 0.6) is 5.75 Å². The molecule has 8 heteroatoms. The molecule has 38 heavy (non-hydrogen) atoms. The van der Waals surface area contributed by atoms with Crippen molar-refractivity contribution in [3.63, 3.8) is 0 Å². The number of aryl methyl sites for hydroxylation is 3. The molecular formula is C30H38Cl2N2O4. The van der Waals surface area contributed by atoms with E-state index in [4.69, 9.17) is 27.9 Å². The van der Waals surface area contributed by atoms with Gasteiger partial charge in [0.1, 0.15) is 5.75 Å². The molecule has 0 aromatic heterocycles. The van der Waals surface area contributed by atoms with Gasteiger partial charge in [0.15, 0.2) is 0 Å². The third-order valence-electron chi connectivity index (χ3n) is 7.88. The van der Waals surface area contributed by atoms with Crippen LogP contribution in [-0.2, 0) is 16.0 Å². The molecule has 206 valence electrons. The zero-order chi connectivity index (χ0) is 27.3. The maximum Gasteiger partial charge on any atom is 0.223 e. The van der Waals surface area contributed by atoms with Gasteiger partial charge in [-0.25, -0.2) is 0 Å². The van der Waals surface area contributed by atoms with Crippen molar-refractivity contribution in [3.8, 4) is 5.75 Å². The smallest absolute Gasteiger partial charge is 0.223 e. The molecule has 0 bridgehead atoms. The first-order valence-electron chi connectivity index (χ1n) is 13.5. The van der Waals surface area contributed by atoms with Gasteiger partial charge in [-0.2, -0.15) is 0 Å². The van der Waals surface area contributed by atoms with Crippen LogP contribution in [0.25, 0.3) is 0 Å². The zero-order valence-corrected chi connectivity index (χ0v) is 23.9. The molecule has 2 amide bonds. The number of amides is 2. The number of aliphatic hydroxyl groups is 1. The Kier molecular flexibility index (Phi) is 9.61. The lowest BCUT2D eigenvalue weighted by Gasteiger charge is -2.43. The van der Waals surface area contributed by atoms with Gasteiger partial charge in [0, 0.05) is 54.5 Å². The molecule has 0 unspecified atom stereocenters. The molecule has 2 saturated heterocycles. The number of aliphatic hydroxyl groups excluding tert-OH is 1. The minimum absolute atomic E-state index is 0.0642. The summed E-state index contributed by atoms with van der Waals surface area (Å²) in [7, 11) is 0. The van der Waals surface area contributed by atoms with E-state index in [1.165, 1.54) is 0 Å². The zero-order valence-electron chi connectivity index (χ0n) is 22.3. The van der Waals surface area contributed by atoms with Gasteiger partial charge in [-0.1, -0.05) is 41.4 Å². The van der Waals surface area contributed by atoms with Crippen LogP contribution >= 0.6 is 23.2 Å². The van der Waals surface area contributed by atoms with Gasteiger partial charge in [-0.05, 0) is 80.8 Å². The summed E-state index contributed by atoms with van der Waals surface area (Å²) in [6, 6.07) is 11.5. The predicted molar refractivity (Wildman–Crippen MR) is 151 cm³/mol. The van der Waals surface area contributed by atoms with Crippen molar-refractivity contribution >= 4 is 35.0 Å². The number of benzene rings is 2. The summed E-state index contributed by atoms with van der Waals surface area (Å²) in [5.41, 5.74) is 2.36. The molecule has 2 fully saturated rings. The third kappa shape index (κ3) is 7.22. The highest BCUT2D eigenvalue weighted by atomic mass is 35.5. The molecule has 4 rings (SSSR count). The molecule has 6 nitrogen and oxygen atoms in total. The summed E-state index contributed by atoms with van der Waals surface area (Å²) in [4.78, 5) is 30.5. The van der Waals surface area contributed by atoms with Crippen LogP contribution in [0.1, 0.15) is 55.2 Å². The largest absolute Gasteiger partial charge is 0.493 e. The van der Waals surface area contributed by atoms with Crippen LogP contribution in [0.15, 0.2) is 36.4 Å². The summed E-state index contributed by atoms with van der Waals surface area (Å²) in [6.07, 6.45) is 3.74. The lowest BCUT2D eigenvalue weighted by Crippen LogP contribution is -2.51. The lowest BCUT2D eigenvalue weighted by atomic mass is 9.77. The highest BCUT2D eigenvalue weighted by Crippen LogP contribution is 2.37. The summed E-state index contributed by atoms with van der Waals surface area (Å²) >= 11 is 12.7. The first kappa shape index (κ1) is 28.7. The van der Waals surface area contributed by atoms with E-state index in [0.717, 1.165) is 40.3 Å². The van der Waals surface area contributed by atoms with E-state index in [0.29, 0.717) is 69.9 Å². The Morgan fingerprint density at radius 3 is 2.39 bits per heavy atom. The topological polar surface area (TPSA) is 70.1 Å². The Balaban J connectivity index is 1.48. The molecular weight excluding hydrogens is 523 g/mol. The standard InChI is InChI=1S/C30H38Cl2N2O4/c1-21-16-25(17-22(2)29(21)32)38-20-30(18-28(37)33-14-10-24(35)11-15-33)12-5-13-34(19-30)27(36)9-8-23-6-3-4-7-26(23)31/h3-4,6-7,16-17,24,35H,5,8-15,18-20H2,1-2H3/t30-/m1/s1. The molecule has 2 aliphatic rings. The van der Waals surface area contributed by atoms with Crippen LogP contribution in [0.2, 0.25) is 10.0 Å². The summed E-state index contributed by atoms with van der Waals surface area (Å²) in [5.74, 6) is 0.856. The molecule has 2 heterocycles. The Bertz CT molecular complexity index is 1130. The van der Waals surface area contributed by atoms with Crippen molar-refractivity contribution in [3.05, 3.63) is 63.1 Å². The molecule has 0 radical (unpaired) electrons. The number of piperidine rings is 2. The van der Waals surface area contributed by atoms with Crippen LogP contribution in [0.3, 0.4) is 0 Å². The highest BCUT2D eigenvalue weighted by molar-refractivity contribution is 6.32. The van der Waals surface area contributed by atoms with Crippen LogP contribution < -0.4 is 4.74 Å². The number of ether oxygens (including phenoxy) is 1. The first-order valence-corrected chi connectivity index (χ1v) is 14.3. The number of hydrogen-bond acceptors (Lipinski definition) is 4. The van der Waals surface area contributed by atoms with Gasteiger partial charge in [0.05, 0.1) is 12.7 Å². The molecule has 2 aromatic rings. The number of halogens is 2. The van der Waals surface area contributed by atoms with Crippen molar-refractivity contribution in [2.24, 2.45) is 5.41 Å². The van der Waals surface area contributed by atoms with E-state index in [2.05, 4.69) is 0 Å². The van der Waals surface area contributed by atoms with E-state index < -0.39 is 5.41 Å². The average Bonchev–Trinajstić information content (AvgIpc) is 2.90. The molecule has 0 aliphatic carbocycles. The van der Waals surface area contributed by atoms with E-state index >= 15 is 0 Å². The van der Waals surface area contributed by atoms with E-state index in [1.807, 2.05) is 60.0 Å². The average molecular weight is 562 g/mol. The number of nitrogens with zero attached hydrogens (tertiary/aromatic N) is 2. The predicted octanol–water partition coefficient (Wildman–Crippen LogP) is 5.60. The van der Waals surface area contributed by atoms with E-state index in [1.54, 1.807) is 0 Å². The normalized spacial score (nSPS) is 20.4. The number of rotatable bonds is 8. The lowest BCUT2D eigenvalue weighted by molar-refractivity contribution is -0.142. The number of carbonyl (C=O) groups is 2. The highest BCUT2D eigenvalue weighted by Gasteiger charge is 2.41. The molecule has 0 spiro atoms. The summed E-state index contributed by atoms with van der Waals surface area (Å²) < 4.78 is 6.32. The fourth-order valence-electron chi connectivity index (χ4n) is 5.61. The number of carbonyl (C=O) groups excluding carboxylic acids is 2. The Labute approximate surface area is 235 Å². The van der Waals surface area contributed by atoms with E-state index in [9.17, 15) is 14.7 Å². The second-order valence-corrected chi connectivity index (χ2v) is 11.7. The Hall–Kier alpha value is -2.28. The minimum Gasteiger partial charge on any atom is -0.493 e. The maximum atomic E-state index is 13.4. The van der Waals surface area contributed by atoms with E-state index in [-0.39, 0.29) is 17.9 Å². The third-order valence-corrected chi connectivity index (χ3v) is 8.84. The van der Waals surface area contributed by atoms with Crippen molar-refractivity contribution in [1.29, 1.82) is 0 Å². The molecule has 2 aromatic carbocycles. The second kappa shape index (κ2) is 12.7. The SMILES string of the molecule is Cc1cc(OC[C@@]2(CC(=O)N3CCC(O)CC3)CCCN(C(=O)CCc3ccccc3Cl)C2)cc(C)c1Cl. The van der Waals surface area contributed by atoms with Crippen LogP contribution in [0, 0.1) is 19.3 Å². The quantitative estimate of drug-likeness (QED) is 0.456. The Morgan fingerprint density at radius 2 is 1.71 bits per heavy atom. The second-order valence-electron chi connectivity index (χ2n) is 11.0. The van der Waals surface area contributed by atoms with Crippen LogP contribution in [0.4, 0.5) is 0 Å². The van der Waals surface area contributed by atoms with Crippen molar-refractivity contribution in [2.45, 2.75) is 64.9 Å². The van der Waals surface area contributed by atoms with Crippen molar-refractivity contribution < 1.29 is 19.4 Å². The van der Waals surface area contributed by atoms with Gasteiger partial charge in [0.2, 0.25) is 11.8 Å². The fraction of sp³-hybridized carbons (Fsp3) is 0.533. The number of hydrogen-bond donors (Lipinski definition) is 1. The minimum atomic E-state index is -0.493. The molecule has 0 saturated carbocycles. The summed E-state index contributed by atoms with van der Waals surface area (Å²) in [5, 5.41) is 11.3. The van der Waals surface area contributed by atoms with Crippen LogP contribution in [-0.4, -0.2) is 65.6 Å². The van der Waals surface area contributed by atoms with Gasteiger partial charge < -0.3 is 19.6 Å². The summed E-state index contributed by atoms with van der Waals surface area (Å²) in [6.45, 7) is 6.51. The van der Waals surface area contributed by atoms with Gasteiger partial charge in [-0.15, -0.1) is 0 Å².